The van der Waals surface area contributed by atoms with Gasteiger partial charge in [-0.1, -0.05) is 18.2 Å². The number of carbonyl (C=O) groups is 2. The lowest BCUT2D eigenvalue weighted by molar-refractivity contribution is 0.0614. The van der Waals surface area contributed by atoms with Crippen LogP contribution in [0.4, 0.5) is 10.5 Å². The van der Waals surface area contributed by atoms with Crippen LogP contribution in [-0.2, 0) is 4.74 Å². The van der Waals surface area contributed by atoms with Gasteiger partial charge >= 0.3 is 6.09 Å². The van der Waals surface area contributed by atoms with Gasteiger partial charge in [0.25, 0.3) is 0 Å². The molecule has 0 fully saturated rings. The van der Waals surface area contributed by atoms with Crippen LogP contribution in [0, 0.1) is 0 Å². The Hall–Kier alpha value is -1.88. The monoisotopic (exact) mass is 363 g/mol. The zero-order chi connectivity index (χ0) is 16.5. The van der Waals surface area contributed by atoms with Crippen LogP contribution >= 0.6 is 16.1 Å². The summed E-state index contributed by atoms with van der Waals surface area (Å²) in [6, 6.07) is 11.0. The van der Waals surface area contributed by atoms with Crippen LogP contribution in [0.15, 0.2) is 36.4 Å². The van der Waals surface area contributed by atoms with E-state index in [1.807, 2.05) is 51.1 Å². The summed E-state index contributed by atoms with van der Waals surface area (Å²) in [7, 11) is 0. The van der Waals surface area contributed by atoms with E-state index in [-0.39, 0.29) is 5.78 Å². The first-order valence-electron chi connectivity index (χ1n) is 6.91. The zero-order valence-corrected chi connectivity index (χ0v) is 14.6. The molecule has 0 spiro atoms. The number of hydrogen-bond acceptors (Lipinski definition) is 3. The Bertz CT molecular complexity index is 734. The van der Waals surface area contributed by atoms with Crippen LogP contribution in [0.5, 0.6) is 0 Å². The van der Waals surface area contributed by atoms with Gasteiger partial charge in [0, 0.05) is 5.56 Å². The Morgan fingerprint density at radius 3 is 2.27 bits per heavy atom. The smallest absolute Gasteiger partial charge is 0.425 e. The van der Waals surface area contributed by atoms with Crippen molar-refractivity contribution >= 4 is 44.5 Å². The van der Waals surface area contributed by atoms with Crippen molar-refractivity contribution in [3.63, 3.8) is 0 Å². The Balaban J connectivity index is 2.35. The molecule has 0 heterocycles. The molecule has 0 aliphatic rings. The molecule has 0 aliphatic carbocycles. The average Bonchev–Trinajstić information content (AvgIpc) is 2.43. The van der Waals surface area contributed by atoms with Gasteiger partial charge in [0.15, 0.2) is 5.78 Å². The van der Waals surface area contributed by atoms with E-state index in [9.17, 15) is 9.59 Å². The van der Waals surface area contributed by atoms with Crippen LogP contribution < -0.4 is 3.93 Å². The molecule has 116 valence electrons. The van der Waals surface area contributed by atoms with Gasteiger partial charge in [0.2, 0.25) is 0 Å². The van der Waals surface area contributed by atoms with E-state index in [2.05, 4.69) is 16.1 Å². The van der Waals surface area contributed by atoms with Crippen molar-refractivity contribution in [1.82, 2.24) is 0 Å². The molecule has 5 heteroatoms. The van der Waals surface area contributed by atoms with Crippen molar-refractivity contribution in [2.75, 3.05) is 3.93 Å². The molecule has 2 aromatic rings. The molecular weight excluding hydrogens is 346 g/mol. The molecule has 0 radical (unpaired) electrons. The van der Waals surface area contributed by atoms with Gasteiger partial charge in [-0.05, 0) is 56.7 Å². The second-order valence-corrected chi connectivity index (χ2v) is 6.77. The van der Waals surface area contributed by atoms with Crippen molar-refractivity contribution in [1.29, 1.82) is 0 Å². The highest BCUT2D eigenvalue weighted by Gasteiger charge is 2.22. The van der Waals surface area contributed by atoms with E-state index in [0.29, 0.717) is 11.3 Å². The lowest BCUT2D eigenvalue weighted by Crippen LogP contribution is -2.30. The minimum absolute atomic E-state index is 0.00939. The number of ketones is 1. The fourth-order valence-electron chi connectivity index (χ4n) is 1.98. The number of Topliss-reactive ketones (excluding diaryl/α,β-unsaturated/α-hetero) is 1. The first-order chi connectivity index (χ1) is 10.2. The highest BCUT2D eigenvalue weighted by atomic mass is 79.9. The predicted octanol–water partition coefficient (Wildman–Crippen LogP) is 5.09. The minimum Gasteiger partial charge on any atom is -0.443 e. The third-order valence-corrected chi connectivity index (χ3v) is 3.71. The largest absolute Gasteiger partial charge is 0.443 e. The Morgan fingerprint density at radius 1 is 1.05 bits per heavy atom. The van der Waals surface area contributed by atoms with Gasteiger partial charge in [0.05, 0.1) is 21.8 Å². The van der Waals surface area contributed by atoms with Crippen molar-refractivity contribution in [2.24, 2.45) is 0 Å². The molecule has 0 unspecified atom stereocenters. The normalized spacial score (nSPS) is 11.3. The van der Waals surface area contributed by atoms with Gasteiger partial charge in [0.1, 0.15) is 5.60 Å². The molecule has 4 nitrogen and oxygen atoms in total. The lowest BCUT2D eigenvalue weighted by Gasteiger charge is -2.23. The summed E-state index contributed by atoms with van der Waals surface area (Å²) in [5, 5.41) is 1.89. The van der Waals surface area contributed by atoms with E-state index < -0.39 is 11.7 Å². The van der Waals surface area contributed by atoms with Gasteiger partial charge in [-0.25, -0.2) is 8.72 Å². The second-order valence-electron chi connectivity index (χ2n) is 6.06. The highest BCUT2D eigenvalue weighted by Crippen LogP contribution is 2.27. The van der Waals surface area contributed by atoms with Crippen molar-refractivity contribution in [2.45, 2.75) is 33.3 Å². The summed E-state index contributed by atoms with van der Waals surface area (Å²) in [6.45, 7) is 6.96. The summed E-state index contributed by atoms with van der Waals surface area (Å²) < 4.78 is 6.59. The van der Waals surface area contributed by atoms with Crippen molar-refractivity contribution < 1.29 is 14.3 Å². The standard InChI is InChI=1S/C17H18BrNO3/c1-11(20)13-6-5-12-7-8-15(10-14(12)9-13)19(18)16(21)22-17(2,3)4/h5-10H,1-4H3. The average molecular weight is 364 g/mol. The van der Waals surface area contributed by atoms with Crippen LogP contribution in [0.2, 0.25) is 0 Å². The van der Waals surface area contributed by atoms with E-state index in [1.54, 1.807) is 6.07 Å². The fourth-order valence-corrected chi connectivity index (χ4v) is 2.28. The summed E-state index contributed by atoms with van der Waals surface area (Å²) >= 11 is 3.23. The maximum Gasteiger partial charge on any atom is 0.425 e. The third-order valence-electron chi connectivity index (χ3n) is 3.01. The second kappa shape index (κ2) is 6.08. The maximum absolute atomic E-state index is 12.1. The molecule has 2 rings (SSSR count). The summed E-state index contributed by atoms with van der Waals surface area (Å²) in [4.78, 5) is 23.6. The van der Waals surface area contributed by atoms with Crippen LogP contribution in [-0.4, -0.2) is 17.5 Å². The number of fused-ring (bicyclic) bond motifs is 1. The minimum atomic E-state index is -0.568. The van der Waals surface area contributed by atoms with Gasteiger partial charge in [-0.3, -0.25) is 4.79 Å². The molecule has 0 saturated carbocycles. The van der Waals surface area contributed by atoms with E-state index in [4.69, 9.17) is 4.74 Å². The van der Waals surface area contributed by atoms with Gasteiger partial charge in [-0.15, -0.1) is 0 Å². The van der Waals surface area contributed by atoms with Crippen LogP contribution in [0.25, 0.3) is 10.8 Å². The Morgan fingerprint density at radius 2 is 1.68 bits per heavy atom. The van der Waals surface area contributed by atoms with Gasteiger partial charge in [-0.2, -0.15) is 0 Å². The topological polar surface area (TPSA) is 46.6 Å². The number of nitrogens with zero attached hydrogens (tertiary/aromatic N) is 1. The number of halogens is 1. The number of benzene rings is 2. The third kappa shape index (κ3) is 3.85. The number of rotatable bonds is 2. The molecule has 0 N–H and O–H groups in total. The molecule has 22 heavy (non-hydrogen) atoms. The summed E-state index contributed by atoms with van der Waals surface area (Å²) in [5.41, 5.74) is 0.715. The number of hydrogen-bond donors (Lipinski definition) is 0. The molecule has 1 amide bonds. The summed E-state index contributed by atoms with van der Waals surface area (Å²) in [5.74, 6) is 0.00939. The summed E-state index contributed by atoms with van der Waals surface area (Å²) in [6.07, 6.45) is -0.491. The first-order valence-corrected chi connectivity index (χ1v) is 7.62. The molecule has 0 atom stereocenters. The van der Waals surface area contributed by atoms with E-state index >= 15 is 0 Å². The van der Waals surface area contributed by atoms with Crippen molar-refractivity contribution in [3.8, 4) is 0 Å². The quantitative estimate of drug-likeness (QED) is 0.551. The molecular formula is C17H18BrNO3. The SMILES string of the molecule is CC(=O)c1ccc2ccc(N(Br)C(=O)OC(C)(C)C)cc2c1. The molecule has 0 saturated heterocycles. The lowest BCUT2D eigenvalue weighted by atomic mass is 10.0. The molecule has 2 aromatic carbocycles. The van der Waals surface area contributed by atoms with Gasteiger partial charge < -0.3 is 4.74 Å². The van der Waals surface area contributed by atoms with Crippen LogP contribution in [0.1, 0.15) is 38.1 Å². The zero-order valence-electron chi connectivity index (χ0n) is 13.0. The number of ether oxygens (including phenoxy) is 1. The Labute approximate surface area is 138 Å². The molecule has 0 bridgehead atoms. The van der Waals surface area contributed by atoms with E-state index in [1.165, 1.54) is 10.8 Å². The molecule has 0 aromatic heterocycles. The Kier molecular flexibility index (Phi) is 4.56. The first kappa shape index (κ1) is 16.5. The van der Waals surface area contributed by atoms with E-state index in [0.717, 1.165) is 10.8 Å². The number of carbonyl (C=O) groups excluding carboxylic acids is 2. The fraction of sp³-hybridized carbons (Fsp3) is 0.294. The predicted molar refractivity (Wildman–Crippen MR) is 91.6 cm³/mol. The number of anilines is 1. The van der Waals surface area contributed by atoms with Crippen LogP contribution in [0.3, 0.4) is 0 Å². The molecule has 0 aliphatic heterocycles. The highest BCUT2D eigenvalue weighted by molar-refractivity contribution is 9.10. The van der Waals surface area contributed by atoms with Crippen molar-refractivity contribution in [3.05, 3.63) is 42.0 Å². The maximum atomic E-state index is 12.1. The number of amides is 1.